The minimum atomic E-state index is -0.0891. The van der Waals surface area contributed by atoms with Gasteiger partial charge in [-0.2, -0.15) is 9.43 Å². The van der Waals surface area contributed by atoms with Gasteiger partial charge in [0.25, 0.3) is 5.91 Å². The lowest BCUT2D eigenvalue weighted by molar-refractivity contribution is -0.160. The van der Waals surface area contributed by atoms with Gasteiger partial charge in [0.2, 0.25) is 0 Å². The van der Waals surface area contributed by atoms with Gasteiger partial charge in [-0.3, -0.25) is 4.79 Å². The molecule has 0 radical (unpaired) electrons. The predicted molar refractivity (Wildman–Crippen MR) is 149 cm³/mol. The largest absolute Gasteiger partial charge is 0.497 e. The van der Waals surface area contributed by atoms with Gasteiger partial charge in [0.1, 0.15) is 11.4 Å². The maximum Gasteiger partial charge on any atom is 0.277 e. The molecule has 1 aromatic heterocycles. The Hall–Kier alpha value is -2.85. The minimum Gasteiger partial charge on any atom is -0.497 e. The van der Waals surface area contributed by atoms with Crippen LogP contribution in [-0.2, 0) is 21.1 Å². The number of anilines is 1. The third-order valence-corrected chi connectivity index (χ3v) is 8.32. The van der Waals surface area contributed by atoms with Crippen molar-refractivity contribution in [3.8, 4) is 11.4 Å². The summed E-state index contributed by atoms with van der Waals surface area (Å²) in [5, 5.41) is 9.09. The molecule has 2 aliphatic rings. The molecule has 0 atom stereocenters. The van der Waals surface area contributed by atoms with E-state index in [0.717, 1.165) is 41.3 Å². The summed E-state index contributed by atoms with van der Waals surface area (Å²) < 4.78 is 12.1. The van der Waals surface area contributed by atoms with E-state index in [-0.39, 0.29) is 11.3 Å². The SMILES string of the molecule is COOSc1nn(-c2ccc(OC)cc2)c2c1CCN(c1ccc(C(C)(C)CNC3CCCC3)cc1)C2=O. The number of nitrogens with one attached hydrogen (secondary N) is 1. The third kappa shape index (κ3) is 5.47. The number of rotatable bonds is 10. The number of amides is 1. The first-order chi connectivity index (χ1) is 18.4. The predicted octanol–water partition coefficient (Wildman–Crippen LogP) is 5.48. The summed E-state index contributed by atoms with van der Waals surface area (Å²) in [4.78, 5) is 20.5. The molecule has 1 saturated carbocycles. The molecule has 38 heavy (non-hydrogen) atoms. The lowest BCUT2D eigenvalue weighted by Crippen LogP contribution is -2.39. The van der Waals surface area contributed by atoms with E-state index in [4.69, 9.17) is 19.1 Å². The normalized spacial score (nSPS) is 16.2. The van der Waals surface area contributed by atoms with Crippen molar-refractivity contribution in [2.45, 2.75) is 62.4 Å². The molecule has 5 rings (SSSR count). The van der Waals surface area contributed by atoms with Gasteiger partial charge in [0.05, 0.1) is 31.9 Å². The van der Waals surface area contributed by atoms with Crippen LogP contribution in [0.15, 0.2) is 53.6 Å². The van der Waals surface area contributed by atoms with E-state index < -0.39 is 0 Å². The van der Waals surface area contributed by atoms with Gasteiger partial charge in [-0.05, 0) is 61.2 Å². The quantitative estimate of drug-likeness (QED) is 0.209. The smallest absolute Gasteiger partial charge is 0.277 e. The number of hydrogen-bond donors (Lipinski definition) is 1. The number of methoxy groups -OCH3 is 1. The Morgan fingerprint density at radius 3 is 2.37 bits per heavy atom. The summed E-state index contributed by atoms with van der Waals surface area (Å²) in [7, 11) is 3.07. The van der Waals surface area contributed by atoms with E-state index in [9.17, 15) is 4.79 Å². The Bertz CT molecular complexity index is 1250. The highest BCUT2D eigenvalue weighted by atomic mass is 32.2. The van der Waals surface area contributed by atoms with Crippen molar-refractivity contribution in [3.05, 3.63) is 65.4 Å². The fourth-order valence-electron chi connectivity index (χ4n) is 5.34. The topological polar surface area (TPSA) is 77.9 Å². The molecular formula is C29H36N4O4S. The lowest BCUT2D eigenvalue weighted by Gasteiger charge is -2.30. The molecule has 1 N–H and O–H groups in total. The second-order valence-corrected chi connectivity index (χ2v) is 11.2. The first kappa shape index (κ1) is 26.7. The minimum absolute atomic E-state index is 0.000650. The summed E-state index contributed by atoms with van der Waals surface area (Å²) in [5.41, 5.74) is 4.31. The van der Waals surface area contributed by atoms with Crippen LogP contribution >= 0.6 is 12.0 Å². The first-order valence-electron chi connectivity index (χ1n) is 13.2. The molecule has 0 saturated heterocycles. The summed E-state index contributed by atoms with van der Waals surface area (Å²) >= 11 is 1.02. The number of aromatic nitrogens is 2. The Kier molecular flexibility index (Phi) is 8.09. The Morgan fingerprint density at radius 1 is 1.03 bits per heavy atom. The van der Waals surface area contributed by atoms with Crippen LogP contribution in [0.3, 0.4) is 0 Å². The molecule has 2 aromatic carbocycles. The number of hydrogen-bond acceptors (Lipinski definition) is 7. The highest BCUT2D eigenvalue weighted by Crippen LogP contribution is 2.34. The highest BCUT2D eigenvalue weighted by molar-refractivity contribution is 7.94. The average molecular weight is 537 g/mol. The highest BCUT2D eigenvalue weighted by Gasteiger charge is 2.34. The van der Waals surface area contributed by atoms with Crippen LogP contribution < -0.4 is 15.0 Å². The van der Waals surface area contributed by atoms with Crippen LogP contribution in [0.5, 0.6) is 5.75 Å². The average Bonchev–Trinajstić information content (AvgIpc) is 3.60. The molecule has 3 aromatic rings. The van der Waals surface area contributed by atoms with Gasteiger partial charge in [0, 0.05) is 35.8 Å². The lowest BCUT2D eigenvalue weighted by atomic mass is 9.84. The molecule has 0 spiro atoms. The van der Waals surface area contributed by atoms with Gasteiger partial charge in [-0.25, -0.2) is 9.57 Å². The van der Waals surface area contributed by atoms with Crippen molar-refractivity contribution < 1.29 is 18.8 Å². The Balaban J connectivity index is 1.39. The fraction of sp³-hybridized carbons (Fsp3) is 0.448. The zero-order valence-corrected chi connectivity index (χ0v) is 23.3. The zero-order valence-electron chi connectivity index (χ0n) is 22.5. The standard InChI is InChI=1S/C29H36N4O4S/c1-29(2,19-30-21-7-5-6-8-21)20-9-11-22(12-10-20)32-18-17-25-26(28(32)34)33(31-27(25)38-37-36-4)23-13-15-24(35-3)16-14-23/h9-16,21,30H,5-8,17-19H2,1-4H3. The molecule has 1 aliphatic heterocycles. The zero-order chi connectivity index (χ0) is 26.7. The molecule has 2 heterocycles. The summed E-state index contributed by atoms with van der Waals surface area (Å²) in [5.74, 6) is 0.648. The van der Waals surface area contributed by atoms with Crippen LogP contribution in [0.25, 0.3) is 5.69 Å². The van der Waals surface area contributed by atoms with Crippen LogP contribution in [0.4, 0.5) is 5.69 Å². The molecule has 1 fully saturated rings. The van der Waals surface area contributed by atoms with Crippen molar-refractivity contribution in [2.75, 3.05) is 32.2 Å². The van der Waals surface area contributed by atoms with Gasteiger partial charge in [0.15, 0.2) is 5.03 Å². The van der Waals surface area contributed by atoms with E-state index in [2.05, 4.69) is 43.4 Å². The van der Waals surface area contributed by atoms with Crippen molar-refractivity contribution in [1.82, 2.24) is 15.1 Å². The Morgan fingerprint density at radius 2 is 1.71 bits per heavy atom. The molecule has 8 nitrogen and oxygen atoms in total. The molecule has 9 heteroatoms. The van der Waals surface area contributed by atoms with E-state index in [1.807, 2.05) is 29.2 Å². The number of nitrogens with zero attached hydrogens (tertiary/aromatic N) is 3. The number of ether oxygens (including phenoxy) is 1. The number of carbonyl (C=O) groups excluding carboxylic acids is 1. The number of benzene rings is 2. The second kappa shape index (κ2) is 11.5. The third-order valence-electron chi connectivity index (χ3n) is 7.63. The first-order valence-corrected chi connectivity index (χ1v) is 13.9. The maximum absolute atomic E-state index is 13.9. The van der Waals surface area contributed by atoms with Crippen molar-refractivity contribution in [3.63, 3.8) is 0 Å². The van der Waals surface area contributed by atoms with Gasteiger partial charge >= 0.3 is 0 Å². The summed E-state index contributed by atoms with van der Waals surface area (Å²) in [6.45, 7) is 6.05. The number of carbonyl (C=O) groups is 1. The summed E-state index contributed by atoms with van der Waals surface area (Å²) in [6, 6.07) is 16.6. The second-order valence-electron chi connectivity index (χ2n) is 10.6. The van der Waals surface area contributed by atoms with E-state index in [0.29, 0.717) is 29.7 Å². The van der Waals surface area contributed by atoms with Crippen LogP contribution in [0.1, 0.15) is 61.1 Å². The number of fused-ring (bicyclic) bond motifs is 1. The van der Waals surface area contributed by atoms with Gasteiger partial charge < -0.3 is 15.0 Å². The van der Waals surface area contributed by atoms with Crippen LogP contribution in [0.2, 0.25) is 0 Å². The molecule has 1 aliphatic carbocycles. The molecule has 202 valence electrons. The molecule has 0 unspecified atom stereocenters. The Labute approximate surface area is 228 Å². The monoisotopic (exact) mass is 536 g/mol. The van der Waals surface area contributed by atoms with Crippen molar-refractivity contribution >= 4 is 23.6 Å². The van der Waals surface area contributed by atoms with Crippen LogP contribution in [0, 0.1) is 0 Å². The summed E-state index contributed by atoms with van der Waals surface area (Å²) in [6.07, 6.45) is 5.87. The van der Waals surface area contributed by atoms with Crippen molar-refractivity contribution in [1.29, 1.82) is 0 Å². The van der Waals surface area contributed by atoms with Crippen LogP contribution in [-0.4, -0.2) is 49.0 Å². The van der Waals surface area contributed by atoms with Crippen molar-refractivity contribution in [2.24, 2.45) is 0 Å². The van der Waals surface area contributed by atoms with E-state index in [1.165, 1.54) is 38.4 Å². The molecule has 0 bridgehead atoms. The van der Waals surface area contributed by atoms with E-state index in [1.54, 1.807) is 11.8 Å². The fourth-order valence-corrected chi connectivity index (χ4v) is 5.89. The van der Waals surface area contributed by atoms with E-state index >= 15 is 0 Å². The van der Waals surface area contributed by atoms with Gasteiger partial charge in [-0.15, -0.1) is 0 Å². The molecular weight excluding hydrogens is 500 g/mol. The maximum atomic E-state index is 13.9. The van der Waals surface area contributed by atoms with Gasteiger partial charge in [-0.1, -0.05) is 38.8 Å². The molecule has 1 amide bonds.